The molecule has 0 radical (unpaired) electrons. The molecule has 0 aliphatic rings. The molecule has 4 nitrogen and oxygen atoms in total. The minimum atomic E-state index is -0.289. The zero-order chi connectivity index (χ0) is 13.2. The van der Waals surface area contributed by atoms with E-state index in [9.17, 15) is 4.39 Å². The molecular formula is C13H8ClFN4. The van der Waals surface area contributed by atoms with Gasteiger partial charge < -0.3 is 0 Å². The molecule has 0 amide bonds. The Kier molecular flexibility index (Phi) is 2.97. The topological polar surface area (TPSA) is 43.6 Å². The van der Waals surface area contributed by atoms with Gasteiger partial charge in [0, 0.05) is 5.56 Å². The lowest BCUT2D eigenvalue weighted by Gasteiger charge is -2.05. The second-order valence-corrected chi connectivity index (χ2v) is 4.23. The van der Waals surface area contributed by atoms with Crippen LogP contribution in [0.25, 0.3) is 17.1 Å². The van der Waals surface area contributed by atoms with Gasteiger partial charge in [0.05, 0.1) is 11.9 Å². The van der Waals surface area contributed by atoms with E-state index in [0.29, 0.717) is 11.0 Å². The molecule has 0 bridgehead atoms. The standard InChI is InChI=1S/C13H8ClFN4/c14-12-6-5-11(7-16-12)19-13(17-8-18-19)9-1-3-10(15)4-2-9/h1-8H. The van der Waals surface area contributed by atoms with Crippen molar-refractivity contribution < 1.29 is 4.39 Å². The first-order chi connectivity index (χ1) is 9.24. The highest BCUT2D eigenvalue weighted by Gasteiger charge is 2.09. The zero-order valence-corrected chi connectivity index (χ0v) is 10.4. The van der Waals surface area contributed by atoms with Gasteiger partial charge in [0.15, 0.2) is 5.82 Å². The molecule has 0 aliphatic heterocycles. The Balaban J connectivity index is 2.07. The van der Waals surface area contributed by atoms with Crippen molar-refractivity contribution in [3.05, 3.63) is 59.9 Å². The maximum absolute atomic E-state index is 12.9. The molecule has 0 saturated carbocycles. The molecule has 0 N–H and O–H groups in total. The average molecular weight is 275 g/mol. The van der Waals surface area contributed by atoms with Gasteiger partial charge >= 0.3 is 0 Å². The van der Waals surface area contributed by atoms with E-state index in [1.54, 1.807) is 35.1 Å². The second kappa shape index (κ2) is 4.78. The molecule has 19 heavy (non-hydrogen) atoms. The summed E-state index contributed by atoms with van der Waals surface area (Å²) in [5.41, 5.74) is 1.51. The third kappa shape index (κ3) is 2.32. The number of nitrogens with zero attached hydrogens (tertiary/aromatic N) is 4. The van der Waals surface area contributed by atoms with Gasteiger partial charge in [-0.05, 0) is 36.4 Å². The Morgan fingerprint density at radius 3 is 2.47 bits per heavy atom. The summed E-state index contributed by atoms with van der Waals surface area (Å²) in [5, 5.41) is 4.55. The van der Waals surface area contributed by atoms with Crippen LogP contribution in [0.4, 0.5) is 4.39 Å². The number of benzene rings is 1. The quantitative estimate of drug-likeness (QED) is 0.675. The Morgan fingerprint density at radius 1 is 1.00 bits per heavy atom. The lowest BCUT2D eigenvalue weighted by Crippen LogP contribution is -2.00. The summed E-state index contributed by atoms with van der Waals surface area (Å²) in [7, 11) is 0. The van der Waals surface area contributed by atoms with Crippen molar-refractivity contribution in [2.75, 3.05) is 0 Å². The fourth-order valence-electron chi connectivity index (χ4n) is 1.72. The maximum Gasteiger partial charge on any atom is 0.163 e. The van der Waals surface area contributed by atoms with E-state index >= 15 is 0 Å². The van der Waals surface area contributed by atoms with Crippen LogP contribution in [0, 0.1) is 5.82 Å². The average Bonchev–Trinajstić information content (AvgIpc) is 2.90. The molecule has 0 aliphatic carbocycles. The molecule has 0 saturated heterocycles. The predicted octanol–water partition coefficient (Wildman–Crippen LogP) is 3.12. The molecule has 0 unspecified atom stereocenters. The lowest BCUT2D eigenvalue weighted by atomic mass is 10.2. The normalized spacial score (nSPS) is 10.6. The zero-order valence-electron chi connectivity index (χ0n) is 9.66. The van der Waals surface area contributed by atoms with Crippen LogP contribution < -0.4 is 0 Å². The second-order valence-electron chi connectivity index (χ2n) is 3.84. The molecule has 3 aromatic rings. The van der Waals surface area contributed by atoms with Gasteiger partial charge in [0.1, 0.15) is 17.3 Å². The third-order valence-corrected chi connectivity index (χ3v) is 2.83. The Labute approximate surface area is 113 Å². The largest absolute Gasteiger partial charge is 0.242 e. The van der Waals surface area contributed by atoms with E-state index in [1.165, 1.54) is 18.5 Å². The van der Waals surface area contributed by atoms with Gasteiger partial charge in [-0.2, -0.15) is 5.10 Å². The van der Waals surface area contributed by atoms with Crippen molar-refractivity contribution in [1.82, 2.24) is 19.7 Å². The molecule has 2 aromatic heterocycles. The van der Waals surface area contributed by atoms with Crippen molar-refractivity contribution in [1.29, 1.82) is 0 Å². The van der Waals surface area contributed by atoms with E-state index in [4.69, 9.17) is 11.6 Å². The SMILES string of the molecule is Fc1ccc(-c2ncnn2-c2ccc(Cl)nc2)cc1. The number of hydrogen-bond acceptors (Lipinski definition) is 3. The van der Waals surface area contributed by atoms with Gasteiger partial charge in [-0.1, -0.05) is 11.6 Å². The smallest absolute Gasteiger partial charge is 0.163 e. The summed E-state index contributed by atoms with van der Waals surface area (Å²) in [4.78, 5) is 8.18. The van der Waals surface area contributed by atoms with E-state index in [1.807, 2.05) is 0 Å². The molecule has 0 spiro atoms. The highest BCUT2D eigenvalue weighted by Crippen LogP contribution is 2.20. The molecule has 1 aromatic carbocycles. The number of rotatable bonds is 2. The first-order valence-corrected chi connectivity index (χ1v) is 5.90. The fraction of sp³-hybridized carbons (Fsp3) is 0. The van der Waals surface area contributed by atoms with Crippen molar-refractivity contribution in [3.8, 4) is 17.1 Å². The summed E-state index contributed by atoms with van der Waals surface area (Å²) < 4.78 is 14.6. The number of halogens is 2. The van der Waals surface area contributed by atoms with E-state index < -0.39 is 0 Å². The van der Waals surface area contributed by atoms with Crippen molar-refractivity contribution in [2.45, 2.75) is 0 Å². The number of hydrogen-bond donors (Lipinski definition) is 0. The van der Waals surface area contributed by atoms with Crippen molar-refractivity contribution in [3.63, 3.8) is 0 Å². The first-order valence-electron chi connectivity index (χ1n) is 5.52. The maximum atomic E-state index is 12.9. The first kappa shape index (κ1) is 11.8. The summed E-state index contributed by atoms with van der Waals surface area (Å²) in [6, 6.07) is 9.53. The Morgan fingerprint density at radius 2 is 1.79 bits per heavy atom. The summed E-state index contributed by atoms with van der Waals surface area (Å²) in [5.74, 6) is 0.326. The van der Waals surface area contributed by atoms with Crippen LogP contribution in [0.2, 0.25) is 5.15 Å². The van der Waals surface area contributed by atoms with Crippen LogP contribution >= 0.6 is 11.6 Å². The number of pyridine rings is 1. The van der Waals surface area contributed by atoms with Crippen LogP contribution in [0.5, 0.6) is 0 Å². The summed E-state index contributed by atoms with van der Waals surface area (Å²) in [6.07, 6.45) is 3.04. The van der Waals surface area contributed by atoms with Crippen molar-refractivity contribution in [2.24, 2.45) is 0 Å². The lowest BCUT2D eigenvalue weighted by molar-refractivity contribution is 0.628. The van der Waals surface area contributed by atoms with Crippen LogP contribution in [0.1, 0.15) is 0 Å². The van der Waals surface area contributed by atoms with Gasteiger partial charge in [0.25, 0.3) is 0 Å². The minimum Gasteiger partial charge on any atom is -0.242 e. The predicted molar refractivity (Wildman–Crippen MR) is 69.6 cm³/mol. The van der Waals surface area contributed by atoms with Gasteiger partial charge in [-0.25, -0.2) is 19.0 Å². The number of aromatic nitrogens is 4. The highest BCUT2D eigenvalue weighted by atomic mass is 35.5. The van der Waals surface area contributed by atoms with Gasteiger partial charge in [-0.3, -0.25) is 0 Å². The van der Waals surface area contributed by atoms with Crippen molar-refractivity contribution >= 4 is 11.6 Å². The van der Waals surface area contributed by atoms with E-state index in [0.717, 1.165) is 11.3 Å². The minimum absolute atomic E-state index is 0.289. The molecule has 0 fully saturated rings. The molecule has 0 atom stereocenters. The van der Waals surface area contributed by atoms with E-state index in [-0.39, 0.29) is 5.82 Å². The van der Waals surface area contributed by atoms with Crippen LogP contribution in [-0.2, 0) is 0 Å². The third-order valence-electron chi connectivity index (χ3n) is 2.61. The van der Waals surface area contributed by atoms with Gasteiger partial charge in [-0.15, -0.1) is 0 Å². The highest BCUT2D eigenvalue weighted by molar-refractivity contribution is 6.29. The molecule has 3 rings (SSSR count). The molecule has 94 valence electrons. The van der Waals surface area contributed by atoms with Crippen LogP contribution in [-0.4, -0.2) is 19.7 Å². The molecule has 6 heteroatoms. The fourth-order valence-corrected chi connectivity index (χ4v) is 1.83. The van der Waals surface area contributed by atoms with Crippen LogP contribution in [0.15, 0.2) is 48.9 Å². The Hall–Kier alpha value is -2.27. The van der Waals surface area contributed by atoms with Crippen LogP contribution in [0.3, 0.4) is 0 Å². The monoisotopic (exact) mass is 274 g/mol. The van der Waals surface area contributed by atoms with Gasteiger partial charge in [0.2, 0.25) is 0 Å². The molecular weight excluding hydrogens is 267 g/mol. The summed E-state index contributed by atoms with van der Waals surface area (Å²) in [6.45, 7) is 0. The summed E-state index contributed by atoms with van der Waals surface area (Å²) >= 11 is 5.75. The van der Waals surface area contributed by atoms with E-state index in [2.05, 4.69) is 15.1 Å². The molecule has 2 heterocycles. The Bertz CT molecular complexity index is 631.